The van der Waals surface area contributed by atoms with Gasteiger partial charge in [-0.05, 0) is 18.2 Å². The molecule has 7 nitrogen and oxygen atoms in total. The van der Waals surface area contributed by atoms with Gasteiger partial charge in [-0.1, -0.05) is 17.3 Å². The Labute approximate surface area is 142 Å². The minimum atomic E-state index is 0.315. The molecule has 4 rings (SSSR count). The summed E-state index contributed by atoms with van der Waals surface area (Å²) in [7, 11) is 1.52. The van der Waals surface area contributed by atoms with Crippen LogP contribution in [0, 0.1) is 11.5 Å². The number of nitrogens with zero attached hydrogens (tertiary/aromatic N) is 3. The van der Waals surface area contributed by atoms with Crippen LogP contribution in [0.15, 0.2) is 53.4 Å². The van der Waals surface area contributed by atoms with E-state index in [1.165, 1.54) is 7.11 Å². The molecular weight excluding hydrogens is 320 g/mol. The van der Waals surface area contributed by atoms with E-state index in [-0.39, 0.29) is 0 Å². The Kier molecular flexibility index (Phi) is 3.56. The Hall–Kier alpha value is -3.79. The predicted octanol–water partition coefficient (Wildman–Crippen LogP) is 3.75. The van der Waals surface area contributed by atoms with Crippen LogP contribution in [0.1, 0.15) is 0 Å². The number of aromatic amines is 1. The first kappa shape index (κ1) is 14.8. The van der Waals surface area contributed by atoms with Gasteiger partial charge in [0.15, 0.2) is 17.3 Å². The van der Waals surface area contributed by atoms with Crippen LogP contribution in [0.3, 0.4) is 0 Å². The van der Waals surface area contributed by atoms with E-state index in [2.05, 4.69) is 15.1 Å². The van der Waals surface area contributed by atoms with Gasteiger partial charge in [-0.15, -0.1) is 5.26 Å². The first-order valence-electron chi connectivity index (χ1n) is 7.44. The first-order valence-corrected chi connectivity index (χ1v) is 7.44. The Bertz CT molecular complexity index is 1090. The molecule has 0 radical (unpaired) electrons. The van der Waals surface area contributed by atoms with Crippen molar-refractivity contribution in [2.75, 3.05) is 7.11 Å². The van der Waals surface area contributed by atoms with E-state index in [1.54, 1.807) is 24.7 Å². The zero-order chi connectivity index (χ0) is 17.2. The number of ether oxygens (including phenoxy) is 2. The van der Waals surface area contributed by atoms with Crippen molar-refractivity contribution in [2.45, 2.75) is 0 Å². The van der Waals surface area contributed by atoms with Crippen molar-refractivity contribution in [2.24, 2.45) is 0 Å². The number of benzene rings is 1. The Morgan fingerprint density at radius 2 is 2.08 bits per heavy atom. The summed E-state index contributed by atoms with van der Waals surface area (Å²) in [4.78, 5) is 7.39. The van der Waals surface area contributed by atoms with Crippen LogP contribution in [0.4, 0.5) is 0 Å². The summed E-state index contributed by atoms with van der Waals surface area (Å²) in [5.41, 5.74) is 2.91. The largest absolute Gasteiger partial charge is 0.493 e. The van der Waals surface area contributed by atoms with Crippen molar-refractivity contribution in [3.8, 4) is 40.2 Å². The highest BCUT2D eigenvalue weighted by Gasteiger charge is 2.21. The molecule has 0 saturated heterocycles. The second-order valence-electron chi connectivity index (χ2n) is 5.20. The molecule has 1 aromatic carbocycles. The van der Waals surface area contributed by atoms with E-state index < -0.39 is 0 Å². The van der Waals surface area contributed by atoms with Gasteiger partial charge in [0.25, 0.3) is 6.26 Å². The number of methoxy groups -OCH3 is 1. The molecule has 7 heteroatoms. The second kappa shape index (κ2) is 6.02. The molecule has 0 atom stereocenters. The standard InChI is InChI=1S/C18H12N4O3/c1-23-15-6-2-4-11(17(15)24-10-19)14-9-22-25-16(14)13-8-21-18-12(13)5-3-7-20-18/h2-9H,1H3,(H,20,21). The summed E-state index contributed by atoms with van der Waals surface area (Å²) in [6, 6.07) is 9.15. The van der Waals surface area contributed by atoms with Crippen LogP contribution in [-0.4, -0.2) is 22.2 Å². The number of para-hydroxylation sites is 1. The van der Waals surface area contributed by atoms with Crippen molar-refractivity contribution in [3.05, 3.63) is 48.9 Å². The zero-order valence-corrected chi connectivity index (χ0v) is 13.2. The van der Waals surface area contributed by atoms with Gasteiger partial charge in [0.2, 0.25) is 0 Å². The second-order valence-corrected chi connectivity index (χ2v) is 5.20. The van der Waals surface area contributed by atoms with Crippen molar-refractivity contribution in [3.63, 3.8) is 0 Å². The molecule has 0 aliphatic carbocycles. The summed E-state index contributed by atoms with van der Waals surface area (Å²) >= 11 is 0. The van der Waals surface area contributed by atoms with Crippen LogP contribution < -0.4 is 9.47 Å². The maximum absolute atomic E-state index is 8.98. The predicted molar refractivity (Wildman–Crippen MR) is 89.8 cm³/mol. The van der Waals surface area contributed by atoms with Crippen molar-refractivity contribution in [1.29, 1.82) is 5.26 Å². The number of fused-ring (bicyclic) bond motifs is 1. The number of H-pyrrole nitrogens is 1. The van der Waals surface area contributed by atoms with Crippen LogP contribution in [0.5, 0.6) is 11.5 Å². The van der Waals surface area contributed by atoms with Crippen molar-refractivity contribution >= 4 is 11.0 Å². The molecule has 25 heavy (non-hydrogen) atoms. The molecule has 3 aromatic heterocycles. The Balaban J connectivity index is 1.93. The summed E-state index contributed by atoms with van der Waals surface area (Å²) in [5, 5.41) is 13.8. The average Bonchev–Trinajstić information content (AvgIpc) is 3.28. The Morgan fingerprint density at radius 1 is 1.16 bits per heavy atom. The fourth-order valence-corrected chi connectivity index (χ4v) is 2.81. The van der Waals surface area contributed by atoms with Crippen LogP contribution in [0.25, 0.3) is 33.5 Å². The molecule has 1 N–H and O–H groups in total. The molecule has 4 aromatic rings. The van der Waals surface area contributed by atoms with Gasteiger partial charge in [-0.3, -0.25) is 0 Å². The van der Waals surface area contributed by atoms with Gasteiger partial charge in [-0.2, -0.15) is 0 Å². The number of rotatable bonds is 4. The van der Waals surface area contributed by atoms with Crippen LogP contribution >= 0.6 is 0 Å². The molecule has 0 unspecified atom stereocenters. The van der Waals surface area contributed by atoms with E-state index in [9.17, 15) is 0 Å². The minimum Gasteiger partial charge on any atom is -0.493 e. The van der Waals surface area contributed by atoms with E-state index >= 15 is 0 Å². The lowest BCUT2D eigenvalue weighted by molar-refractivity contribution is 0.385. The quantitative estimate of drug-likeness (QED) is 0.572. The van der Waals surface area contributed by atoms with Crippen molar-refractivity contribution < 1.29 is 14.0 Å². The molecule has 0 fully saturated rings. The van der Waals surface area contributed by atoms with Gasteiger partial charge in [0, 0.05) is 28.9 Å². The third kappa shape index (κ3) is 2.37. The number of hydrogen-bond donors (Lipinski definition) is 1. The fourth-order valence-electron chi connectivity index (χ4n) is 2.81. The molecule has 3 heterocycles. The lowest BCUT2D eigenvalue weighted by atomic mass is 10.0. The zero-order valence-electron chi connectivity index (χ0n) is 13.2. The highest BCUT2D eigenvalue weighted by molar-refractivity contribution is 5.96. The molecule has 0 aliphatic rings. The molecule has 122 valence electrons. The molecule has 0 bridgehead atoms. The van der Waals surface area contributed by atoms with E-state index in [0.29, 0.717) is 28.4 Å². The third-order valence-electron chi connectivity index (χ3n) is 3.90. The number of aromatic nitrogens is 3. The maximum atomic E-state index is 8.98. The third-order valence-corrected chi connectivity index (χ3v) is 3.90. The highest BCUT2D eigenvalue weighted by atomic mass is 16.5. The van der Waals surface area contributed by atoms with Gasteiger partial charge >= 0.3 is 0 Å². The summed E-state index contributed by atoms with van der Waals surface area (Å²) in [6.45, 7) is 0. The molecule has 0 aliphatic heterocycles. The van der Waals surface area contributed by atoms with Crippen LogP contribution in [-0.2, 0) is 0 Å². The van der Waals surface area contributed by atoms with Crippen LogP contribution in [0.2, 0.25) is 0 Å². The van der Waals surface area contributed by atoms with Gasteiger partial charge in [0.1, 0.15) is 5.65 Å². The molecule has 0 spiro atoms. The monoisotopic (exact) mass is 332 g/mol. The Morgan fingerprint density at radius 3 is 2.92 bits per heavy atom. The SMILES string of the molecule is COc1cccc(-c2cnoc2-c2c[nH]c3ncccc23)c1OC#N. The number of nitrogens with one attached hydrogen (secondary N) is 1. The van der Waals surface area contributed by atoms with Gasteiger partial charge in [0.05, 0.1) is 18.9 Å². The first-order chi connectivity index (χ1) is 12.3. The summed E-state index contributed by atoms with van der Waals surface area (Å²) in [5.74, 6) is 1.32. The lowest BCUT2D eigenvalue weighted by Gasteiger charge is -2.10. The van der Waals surface area contributed by atoms with Gasteiger partial charge in [-0.25, -0.2) is 4.98 Å². The normalized spacial score (nSPS) is 10.6. The lowest BCUT2D eigenvalue weighted by Crippen LogP contribution is -1.93. The van der Waals surface area contributed by atoms with E-state index in [0.717, 1.165) is 16.6 Å². The maximum Gasteiger partial charge on any atom is 0.292 e. The van der Waals surface area contributed by atoms with Crippen molar-refractivity contribution in [1.82, 2.24) is 15.1 Å². The topological polar surface area (TPSA) is 97.0 Å². The number of hydrogen-bond acceptors (Lipinski definition) is 6. The number of nitriles is 1. The molecule has 0 amide bonds. The van der Waals surface area contributed by atoms with E-state index in [4.69, 9.17) is 19.3 Å². The highest BCUT2D eigenvalue weighted by Crippen LogP contribution is 2.43. The fraction of sp³-hybridized carbons (Fsp3) is 0.0556. The smallest absolute Gasteiger partial charge is 0.292 e. The molecular formula is C18H12N4O3. The molecule has 0 saturated carbocycles. The summed E-state index contributed by atoms with van der Waals surface area (Å²) < 4.78 is 15.9. The van der Waals surface area contributed by atoms with E-state index in [1.807, 2.05) is 30.5 Å². The average molecular weight is 332 g/mol. The van der Waals surface area contributed by atoms with Gasteiger partial charge < -0.3 is 19.0 Å². The minimum absolute atomic E-state index is 0.315. The summed E-state index contributed by atoms with van der Waals surface area (Å²) in [6.07, 6.45) is 6.81. The number of pyridine rings is 1.